The lowest BCUT2D eigenvalue weighted by molar-refractivity contribution is -0.130. The molecule has 4 atom stereocenters. The van der Waals surface area contributed by atoms with Gasteiger partial charge in [-0.05, 0) is 82.3 Å². The zero-order valence-corrected chi connectivity index (χ0v) is 26.8. The van der Waals surface area contributed by atoms with Crippen LogP contribution in [0.5, 0.6) is 11.5 Å². The fourth-order valence-electron chi connectivity index (χ4n) is 8.66. The van der Waals surface area contributed by atoms with Crippen LogP contribution in [0.25, 0.3) is 11.1 Å². The molecule has 2 amide bonds. The van der Waals surface area contributed by atoms with Crippen molar-refractivity contribution in [1.82, 2.24) is 0 Å². The zero-order valence-electron chi connectivity index (χ0n) is 26.8. The highest BCUT2D eigenvalue weighted by Crippen LogP contribution is 2.74. The van der Waals surface area contributed by atoms with Crippen molar-refractivity contribution in [3.63, 3.8) is 0 Å². The van der Waals surface area contributed by atoms with Gasteiger partial charge >= 0.3 is 0 Å². The maximum atomic E-state index is 16.0. The summed E-state index contributed by atoms with van der Waals surface area (Å²) in [5.74, 6) is -1.54. The SMILES string of the molecule is COc1ccc(C2=C(c3ccc(OC)cc3)[C@]3(c4ccccc4)C(=O)[C@]2(c2ccccc2)[C@@H]2C(=O)N(c4cccc(C)c4)C(=O)[C@H]23)cc1. The van der Waals surface area contributed by atoms with Crippen LogP contribution in [0.1, 0.15) is 27.8 Å². The molecule has 0 aromatic heterocycles. The summed E-state index contributed by atoms with van der Waals surface area (Å²) in [5, 5.41) is 0. The number of aryl methyl sites for hydroxylation is 1. The molecule has 1 aliphatic heterocycles. The first kappa shape index (κ1) is 29.6. The first-order valence-electron chi connectivity index (χ1n) is 16.0. The first-order valence-corrected chi connectivity index (χ1v) is 16.0. The van der Waals surface area contributed by atoms with Crippen molar-refractivity contribution in [2.45, 2.75) is 17.8 Å². The van der Waals surface area contributed by atoms with E-state index in [4.69, 9.17) is 9.47 Å². The molecule has 1 heterocycles. The standard InChI is InChI=1S/C42H33NO5/c1-26-11-10-16-31(25-26)43-38(44)36-37(39(43)45)42(30-14-8-5-9-15-30)35(28-19-23-33(48-3)24-20-28)34(27-17-21-32(47-2)22-18-27)41(36,40(42)46)29-12-6-4-7-13-29/h4-25,36-37H,1-3H3/t36-,37-,41-,42-/m0/s1. The first-order chi connectivity index (χ1) is 23.4. The van der Waals surface area contributed by atoms with Gasteiger partial charge in [0.25, 0.3) is 0 Å². The van der Waals surface area contributed by atoms with Gasteiger partial charge in [0, 0.05) is 0 Å². The monoisotopic (exact) mass is 631 g/mol. The third-order valence-electron chi connectivity index (χ3n) is 10.5. The summed E-state index contributed by atoms with van der Waals surface area (Å²) in [5.41, 5.74) is 2.87. The number of hydrogen-bond donors (Lipinski definition) is 0. The van der Waals surface area contributed by atoms with Crippen molar-refractivity contribution in [3.8, 4) is 11.5 Å². The van der Waals surface area contributed by atoms with Gasteiger partial charge in [0.15, 0.2) is 5.78 Å². The molecule has 2 bridgehead atoms. The number of amides is 2. The number of carbonyl (C=O) groups is 3. The number of methoxy groups -OCH3 is 2. The van der Waals surface area contributed by atoms with Crippen LogP contribution in [-0.4, -0.2) is 31.8 Å². The molecule has 5 aromatic carbocycles. The molecular formula is C42H33NO5. The van der Waals surface area contributed by atoms with Crippen LogP contribution < -0.4 is 14.4 Å². The lowest BCUT2D eigenvalue weighted by Crippen LogP contribution is -2.45. The van der Waals surface area contributed by atoms with Gasteiger partial charge in [0.2, 0.25) is 11.8 Å². The van der Waals surface area contributed by atoms with E-state index in [0.717, 1.165) is 27.8 Å². The predicted molar refractivity (Wildman–Crippen MR) is 185 cm³/mol. The van der Waals surface area contributed by atoms with Gasteiger partial charge in [-0.2, -0.15) is 0 Å². The Morgan fingerprint density at radius 2 is 0.979 bits per heavy atom. The second kappa shape index (κ2) is 10.9. The number of ketones is 1. The van der Waals surface area contributed by atoms with Gasteiger partial charge in [-0.15, -0.1) is 0 Å². The largest absolute Gasteiger partial charge is 0.497 e. The van der Waals surface area contributed by atoms with E-state index in [0.29, 0.717) is 28.3 Å². The van der Waals surface area contributed by atoms with E-state index in [9.17, 15) is 0 Å². The topological polar surface area (TPSA) is 72.9 Å². The van der Waals surface area contributed by atoms with Gasteiger partial charge in [0.1, 0.15) is 11.5 Å². The summed E-state index contributed by atoms with van der Waals surface area (Å²) in [6.07, 6.45) is 0. The van der Waals surface area contributed by atoms with Gasteiger partial charge in [0.05, 0.1) is 42.6 Å². The zero-order chi connectivity index (χ0) is 33.2. The van der Waals surface area contributed by atoms with E-state index in [-0.39, 0.29) is 17.6 Å². The summed E-state index contributed by atoms with van der Waals surface area (Å²) in [4.78, 5) is 47.5. The lowest BCUT2D eigenvalue weighted by Gasteiger charge is -2.39. The Labute approximate surface area is 279 Å². The third kappa shape index (κ3) is 3.77. The number of anilines is 1. The molecule has 8 rings (SSSR count). The summed E-state index contributed by atoms with van der Waals surface area (Å²) in [6.45, 7) is 1.94. The van der Waals surface area contributed by atoms with Gasteiger partial charge in [-0.3, -0.25) is 14.4 Å². The van der Waals surface area contributed by atoms with Crippen LogP contribution in [0, 0.1) is 18.8 Å². The van der Waals surface area contributed by atoms with E-state index in [1.165, 1.54) is 4.90 Å². The van der Waals surface area contributed by atoms with E-state index >= 15 is 14.4 Å². The van der Waals surface area contributed by atoms with Crippen molar-refractivity contribution in [1.29, 1.82) is 0 Å². The number of imide groups is 1. The lowest BCUT2D eigenvalue weighted by atomic mass is 9.59. The van der Waals surface area contributed by atoms with E-state index < -0.39 is 22.7 Å². The van der Waals surface area contributed by atoms with E-state index in [2.05, 4.69) is 0 Å². The number of carbonyl (C=O) groups excluding carboxylic acids is 3. The molecule has 3 aliphatic rings. The van der Waals surface area contributed by atoms with E-state index in [1.54, 1.807) is 20.3 Å². The third-order valence-corrected chi connectivity index (χ3v) is 10.5. The number of rotatable bonds is 7. The van der Waals surface area contributed by atoms with Crippen molar-refractivity contribution in [2.75, 3.05) is 19.1 Å². The van der Waals surface area contributed by atoms with Crippen molar-refractivity contribution < 1.29 is 23.9 Å². The summed E-state index contributed by atoms with van der Waals surface area (Å²) >= 11 is 0. The molecular weight excluding hydrogens is 598 g/mol. The molecule has 2 aliphatic carbocycles. The molecule has 6 nitrogen and oxygen atoms in total. The minimum atomic E-state index is -1.48. The van der Waals surface area contributed by atoms with Gasteiger partial charge < -0.3 is 9.47 Å². The number of nitrogens with zero attached hydrogens (tertiary/aromatic N) is 1. The summed E-state index contributed by atoms with van der Waals surface area (Å²) in [7, 11) is 3.22. The Morgan fingerprint density at radius 1 is 0.542 bits per heavy atom. The highest BCUT2D eigenvalue weighted by atomic mass is 16.5. The minimum absolute atomic E-state index is 0.162. The maximum absolute atomic E-state index is 16.0. The van der Waals surface area contributed by atoms with Crippen LogP contribution in [-0.2, 0) is 25.2 Å². The molecule has 6 heteroatoms. The Hall–Kier alpha value is -5.75. The van der Waals surface area contributed by atoms with Crippen LogP contribution >= 0.6 is 0 Å². The maximum Gasteiger partial charge on any atom is 0.239 e. The molecule has 0 unspecified atom stereocenters. The summed E-state index contributed by atoms with van der Waals surface area (Å²) < 4.78 is 11.0. The van der Waals surface area contributed by atoms with E-state index in [1.807, 2.05) is 134 Å². The van der Waals surface area contributed by atoms with Crippen LogP contribution in [0.4, 0.5) is 5.69 Å². The second-order valence-electron chi connectivity index (χ2n) is 12.7. The minimum Gasteiger partial charge on any atom is -0.497 e. The molecule has 48 heavy (non-hydrogen) atoms. The predicted octanol–water partition coefficient (Wildman–Crippen LogP) is 7.20. The number of benzene rings is 5. The number of Topliss-reactive ketones (excluding diaryl/α,β-unsaturated/α-hetero) is 1. The van der Waals surface area contributed by atoms with Crippen LogP contribution in [0.3, 0.4) is 0 Å². The van der Waals surface area contributed by atoms with Crippen LogP contribution in [0.2, 0.25) is 0 Å². The van der Waals surface area contributed by atoms with Crippen molar-refractivity contribution in [2.24, 2.45) is 11.8 Å². The molecule has 2 fully saturated rings. The molecule has 236 valence electrons. The number of fused-ring (bicyclic) bond motifs is 5. The van der Waals surface area contributed by atoms with Gasteiger partial charge in [-0.1, -0.05) is 97.1 Å². The Morgan fingerprint density at radius 3 is 1.38 bits per heavy atom. The number of ether oxygens (including phenoxy) is 2. The fraction of sp³-hybridized carbons (Fsp3) is 0.167. The Kier molecular flexibility index (Phi) is 6.74. The van der Waals surface area contributed by atoms with Crippen LogP contribution in [0.15, 0.2) is 133 Å². The quantitative estimate of drug-likeness (QED) is 0.178. The Balaban J connectivity index is 1.55. The smallest absolute Gasteiger partial charge is 0.239 e. The molecule has 1 saturated heterocycles. The number of hydrogen-bond acceptors (Lipinski definition) is 5. The highest BCUT2D eigenvalue weighted by molar-refractivity contribution is 6.39. The molecule has 0 spiro atoms. The van der Waals surface area contributed by atoms with Crippen molar-refractivity contribution in [3.05, 3.63) is 161 Å². The highest BCUT2D eigenvalue weighted by Gasteiger charge is 2.82. The summed E-state index contributed by atoms with van der Waals surface area (Å²) in [6, 6.07) is 41.8. The molecule has 0 N–H and O–H groups in total. The second-order valence-corrected chi connectivity index (χ2v) is 12.7. The van der Waals surface area contributed by atoms with Crippen molar-refractivity contribution >= 4 is 34.4 Å². The fourth-order valence-corrected chi connectivity index (χ4v) is 8.66. The normalized spacial score (nSPS) is 24.3. The number of allylic oxidation sites excluding steroid dienone is 2. The molecule has 5 aromatic rings. The average Bonchev–Trinajstić information content (AvgIpc) is 3.64. The average molecular weight is 632 g/mol. The molecule has 0 radical (unpaired) electrons. The Bertz CT molecular complexity index is 1990. The molecule has 1 saturated carbocycles. The van der Waals surface area contributed by atoms with Gasteiger partial charge in [-0.25, -0.2) is 4.90 Å².